The van der Waals surface area contributed by atoms with Crippen molar-refractivity contribution in [2.45, 2.75) is 38.4 Å². The second kappa shape index (κ2) is 6.22. The third-order valence-corrected chi connectivity index (χ3v) is 4.26. The number of alkyl halides is 3. The molecule has 1 aliphatic rings. The Hall–Kier alpha value is -1.30. The summed E-state index contributed by atoms with van der Waals surface area (Å²) < 4.78 is 38.8. The highest BCUT2D eigenvalue weighted by Crippen LogP contribution is 2.41. The molecule has 1 fully saturated rings. The van der Waals surface area contributed by atoms with Crippen LogP contribution >= 0.6 is 11.6 Å². The number of nitrogens with zero attached hydrogens (tertiary/aromatic N) is 1. The highest BCUT2D eigenvalue weighted by atomic mass is 35.5. The quantitative estimate of drug-likeness (QED) is 0.841. The predicted octanol–water partition coefficient (Wildman–Crippen LogP) is 3.83. The number of pyridine rings is 1. The van der Waals surface area contributed by atoms with Crippen LogP contribution in [0.15, 0.2) is 18.3 Å². The molecule has 116 valence electrons. The lowest BCUT2D eigenvalue weighted by Gasteiger charge is -2.35. The smallest absolute Gasteiger partial charge is 0.349 e. The summed E-state index contributed by atoms with van der Waals surface area (Å²) in [6.07, 6.45) is -1.89. The Kier molecular flexibility index (Phi) is 4.76. The lowest BCUT2D eigenvalue weighted by molar-refractivity contribution is -0.196. The molecule has 1 saturated carbocycles. The number of aromatic nitrogens is 1. The van der Waals surface area contributed by atoms with E-state index in [1.807, 2.05) is 0 Å². The molecule has 3 atom stereocenters. The van der Waals surface area contributed by atoms with Crippen molar-refractivity contribution >= 4 is 17.5 Å². The summed E-state index contributed by atoms with van der Waals surface area (Å²) in [5.74, 6) is -2.27. The summed E-state index contributed by atoms with van der Waals surface area (Å²) in [5.41, 5.74) is 0.182. The minimum atomic E-state index is -4.23. The maximum absolute atomic E-state index is 12.9. The van der Waals surface area contributed by atoms with E-state index in [-0.39, 0.29) is 17.1 Å². The average molecular weight is 321 g/mol. The fourth-order valence-corrected chi connectivity index (χ4v) is 2.93. The molecular weight excluding hydrogens is 305 g/mol. The number of hydrogen-bond donors (Lipinski definition) is 1. The number of nitrogens with one attached hydrogen (secondary N) is 1. The minimum Gasteiger partial charge on any atom is -0.349 e. The van der Waals surface area contributed by atoms with Crippen LogP contribution in [0.3, 0.4) is 0 Å². The Labute approximate surface area is 125 Å². The van der Waals surface area contributed by atoms with Crippen molar-refractivity contribution in [1.82, 2.24) is 10.3 Å². The summed E-state index contributed by atoms with van der Waals surface area (Å²) in [6, 6.07) is 2.57. The molecule has 1 N–H and O–H groups in total. The molecule has 1 aromatic heterocycles. The van der Waals surface area contributed by atoms with E-state index in [1.165, 1.54) is 12.3 Å². The first-order chi connectivity index (χ1) is 9.79. The first-order valence-corrected chi connectivity index (χ1v) is 7.15. The normalized spacial score (nSPS) is 26.4. The molecule has 0 aliphatic heterocycles. The van der Waals surface area contributed by atoms with Crippen LogP contribution in [0, 0.1) is 11.8 Å². The van der Waals surface area contributed by atoms with E-state index in [1.54, 1.807) is 13.0 Å². The van der Waals surface area contributed by atoms with Crippen LogP contribution in [0.5, 0.6) is 0 Å². The summed E-state index contributed by atoms with van der Waals surface area (Å²) >= 11 is 5.81. The van der Waals surface area contributed by atoms with E-state index < -0.39 is 30.0 Å². The van der Waals surface area contributed by atoms with Crippen molar-refractivity contribution in [3.8, 4) is 0 Å². The first-order valence-electron chi connectivity index (χ1n) is 6.77. The van der Waals surface area contributed by atoms with E-state index in [2.05, 4.69) is 10.3 Å². The number of carbonyl (C=O) groups is 1. The van der Waals surface area contributed by atoms with Crippen LogP contribution in [0.4, 0.5) is 13.2 Å². The summed E-state index contributed by atoms with van der Waals surface area (Å²) in [5, 5.41) is 2.68. The maximum atomic E-state index is 12.9. The molecule has 7 heteroatoms. The van der Waals surface area contributed by atoms with E-state index in [4.69, 9.17) is 11.6 Å². The molecule has 21 heavy (non-hydrogen) atoms. The van der Waals surface area contributed by atoms with Gasteiger partial charge in [-0.15, -0.1) is 0 Å². The van der Waals surface area contributed by atoms with Gasteiger partial charge >= 0.3 is 6.18 Å². The van der Waals surface area contributed by atoms with Gasteiger partial charge < -0.3 is 5.32 Å². The third-order valence-electron chi connectivity index (χ3n) is 3.96. The molecule has 0 saturated heterocycles. The van der Waals surface area contributed by atoms with E-state index in [0.717, 1.165) is 0 Å². The molecule has 3 unspecified atom stereocenters. The zero-order valence-corrected chi connectivity index (χ0v) is 12.2. The lowest BCUT2D eigenvalue weighted by atomic mass is 9.77. The topological polar surface area (TPSA) is 42.0 Å². The molecule has 1 aliphatic carbocycles. The van der Waals surface area contributed by atoms with Crippen molar-refractivity contribution in [3.63, 3.8) is 0 Å². The summed E-state index contributed by atoms with van der Waals surface area (Å²) in [4.78, 5) is 15.8. The summed E-state index contributed by atoms with van der Waals surface area (Å²) in [6.45, 7) is 1.61. The molecule has 3 nitrogen and oxygen atoms in total. The van der Waals surface area contributed by atoms with Crippen molar-refractivity contribution < 1.29 is 18.0 Å². The van der Waals surface area contributed by atoms with Crippen LogP contribution in [0.1, 0.15) is 36.5 Å². The molecule has 0 spiro atoms. The lowest BCUT2D eigenvalue weighted by Crippen LogP contribution is -2.44. The Morgan fingerprint density at radius 3 is 2.76 bits per heavy atom. The van der Waals surface area contributed by atoms with Crippen LogP contribution in [0.25, 0.3) is 0 Å². The van der Waals surface area contributed by atoms with Gasteiger partial charge in [0.15, 0.2) is 0 Å². The Morgan fingerprint density at radius 2 is 2.14 bits per heavy atom. The van der Waals surface area contributed by atoms with Gasteiger partial charge in [-0.1, -0.05) is 18.5 Å². The van der Waals surface area contributed by atoms with Gasteiger partial charge in [0, 0.05) is 12.2 Å². The van der Waals surface area contributed by atoms with Gasteiger partial charge in [-0.3, -0.25) is 4.79 Å². The summed E-state index contributed by atoms with van der Waals surface area (Å²) in [7, 11) is 0. The minimum absolute atomic E-state index is 0.0477. The molecule has 0 aromatic carbocycles. The van der Waals surface area contributed by atoms with Gasteiger partial charge in [-0.2, -0.15) is 13.2 Å². The third kappa shape index (κ3) is 3.87. The first kappa shape index (κ1) is 16.1. The van der Waals surface area contributed by atoms with Crippen LogP contribution in [-0.2, 0) is 0 Å². The largest absolute Gasteiger partial charge is 0.392 e. The molecule has 0 radical (unpaired) electrons. The highest BCUT2D eigenvalue weighted by Gasteiger charge is 2.46. The van der Waals surface area contributed by atoms with Gasteiger partial charge in [-0.25, -0.2) is 4.98 Å². The van der Waals surface area contributed by atoms with Gasteiger partial charge in [0.25, 0.3) is 5.91 Å². The standard InChI is InChI=1S/C14H16ClF3N2O/c1-8-4-5-9(7-11(8)14(16,17)18)20-13(21)10-3-2-6-19-12(10)15/h2-3,6,8-9,11H,4-5,7H2,1H3,(H,20,21). The molecule has 1 heterocycles. The van der Waals surface area contributed by atoms with Crippen molar-refractivity contribution in [1.29, 1.82) is 0 Å². The van der Waals surface area contributed by atoms with Crippen LogP contribution in [-0.4, -0.2) is 23.1 Å². The van der Waals surface area contributed by atoms with E-state index in [9.17, 15) is 18.0 Å². The molecule has 1 aromatic rings. The molecule has 0 bridgehead atoms. The number of hydrogen-bond acceptors (Lipinski definition) is 2. The highest BCUT2D eigenvalue weighted by molar-refractivity contribution is 6.32. The van der Waals surface area contributed by atoms with Gasteiger partial charge in [0.05, 0.1) is 11.5 Å². The van der Waals surface area contributed by atoms with Crippen molar-refractivity contribution in [2.24, 2.45) is 11.8 Å². The Morgan fingerprint density at radius 1 is 1.43 bits per heavy atom. The Balaban J connectivity index is 2.04. The number of carbonyl (C=O) groups excluding carboxylic acids is 1. The zero-order valence-electron chi connectivity index (χ0n) is 11.5. The van der Waals surface area contributed by atoms with E-state index >= 15 is 0 Å². The van der Waals surface area contributed by atoms with Gasteiger partial charge in [0.1, 0.15) is 5.15 Å². The number of amides is 1. The van der Waals surface area contributed by atoms with Gasteiger partial charge in [0.2, 0.25) is 0 Å². The van der Waals surface area contributed by atoms with E-state index in [0.29, 0.717) is 12.8 Å². The van der Waals surface area contributed by atoms with Crippen LogP contribution in [0.2, 0.25) is 5.15 Å². The fourth-order valence-electron chi connectivity index (χ4n) is 2.73. The van der Waals surface area contributed by atoms with Crippen molar-refractivity contribution in [3.05, 3.63) is 29.0 Å². The van der Waals surface area contributed by atoms with Gasteiger partial charge in [-0.05, 0) is 37.3 Å². The second-order valence-corrected chi connectivity index (χ2v) is 5.81. The molecule has 1 amide bonds. The molecular formula is C14H16ClF3N2O. The number of rotatable bonds is 2. The second-order valence-electron chi connectivity index (χ2n) is 5.45. The maximum Gasteiger partial charge on any atom is 0.392 e. The average Bonchev–Trinajstić information content (AvgIpc) is 2.40. The Bertz CT molecular complexity index is 521. The zero-order chi connectivity index (χ0) is 15.6. The SMILES string of the molecule is CC1CCC(NC(=O)c2cccnc2Cl)CC1C(F)(F)F. The molecule has 2 rings (SSSR count). The fraction of sp³-hybridized carbons (Fsp3) is 0.571. The van der Waals surface area contributed by atoms with Crippen LogP contribution < -0.4 is 5.32 Å². The predicted molar refractivity (Wildman–Crippen MR) is 73.1 cm³/mol. The monoisotopic (exact) mass is 320 g/mol. The van der Waals surface area contributed by atoms with Crippen molar-refractivity contribution in [2.75, 3.05) is 0 Å². The number of halogens is 4.